The lowest BCUT2D eigenvalue weighted by molar-refractivity contribution is 0.228. The highest BCUT2D eigenvalue weighted by atomic mass is 16.5. The second kappa shape index (κ2) is 6.65. The van der Waals surface area contributed by atoms with Gasteiger partial charge in [-0.25, -0.2) is 0 Å². The fourth-order valence-electron chi connectivity index (χ4n) is 2.98. The molecule has 108 valence electrons. The van der Waals surface area contributed by atoms with E-state index in [4.69, 9.17) is 9.47 Å². The quantitative estimate of drug-likeness (QED) is 0.780. The van der Waals surface area contributed by atoms with Gasteiger partial charge in [0, 0.05) is 6.42 Å². The molecule has 1 aliphatic rings. The molecule has 20 heavy (non-hydrogen) atoms. The van der Waals surface area contributed by atoms with Crippen LogP contribution in [-0.2, 0) is 0 Å². The molecule has 0 N–H and O–H groups in total. The van der Waals surface area contributed by atoms with Crippen molar-refractivity contribution in [3.05, 3.63) is 24.3 Å². The van der Waals surface area contributed by atoms with Crippen LogP contribution in [0.1, 0.15) is 39.5 Å². The number of hydrogen-bond acceptors (Lipinski definition) is 3. The highest BCUT2D eigenvalue weighted by Gasteiger charge is 2.37. The minimum absolute atomic E-state index is 0.181. The molecule has 1 fully saturated rings. The zero-order valence-electron chi connectivity index (χ0n) is 12.4. The lowest BCUT2D eigenvalue weighted by atomic mass is 9.84. The van der Waals surface area contributed by atoms with Crippen LogP contribution in [0.4, 0.5) is 0 Å². The van der Waals surface area contributed by atoms with Crippen LogP contribution in [0.25, 0.3) is 0 Å². The van der Waals surface area contributed by atoms with Gasteiger partial charge in [-0.1, -0.05) is 19.1 Å². The lowest BCUT2D eigenvalue weighted by Gasteiger charge is -2.21. The van der Waals surface area contributed by atoms with Crippen LogP contribution in [0.2, 0.25) is 0 Å². The molecule has 1 aliphatic carbocycles. The van der Waals surface area contributed by atoms with Crippen molar-refractivity contribution >= 4 is 0 Å². The van der Waals surface area contributed by atoms with Crippen LogP contribution in [0.5, 0.6) is 11.5 Å². The van der Waals surface area contributed by atoms with Crippen LogP contribution < -0.4 is 9.47 Å². The topological polar surface area (TPSA) is 42.2 Å². The van der Waals surface area contributed by atoms with Gasteiger partial charge < -0.3 is 9.47 Å². The number of rotatable bonds is 6. The summed E-state index contributed by atoms with van der Waals surface area (Å²) in [7, 11) is 0. The molecule has 0 amide bonds. The van der Waals surface area contributed by atoms with E-state index >= 15 is 0 Å². The van der Waals surface area contributed by atoms with Gasteiger partial charge in [0.1, 0.15) is 0 Å². The Morgan fingerprint density at radius 2 is 2.00 bits per heavy atom. The molecule has 0 saturated heterocycles. The summed E-state index contributed by atoms with van der Waals surface area (Å²) in [5.74, 6) is 2.21. The van der Waals surface area contributed by atoms with E-state index in [0.29, 0.717) is 19.1 Å². The monoisotopic (exact) mass is 273 g/mol. The summed E-state index contributed by atoms with van der Waals surface area (Å²) in [4.78, 5) is 0. The number of nitrogens with zero attached hydrogens (tertiary/aromatic N) is 1. The van der Waals surface area contributed by atoms with Crippen LogP contribution in [0, 0.1) is 22.7 Å². The van der Waals surface area contributed by atoms with Crippen molar-refractivity contribution in [2.75, 3.05) is 13.2 Å². The molecule has 1 aromatic rings. The minimum Gasteiger partial charge on any atom is -0.490 e. The van der Waals surface area contributed by atoms with Crippen molar-refractivity contribution in [1.82, 2.24) is 0 Å². The van der Waals surface area contributed by atoms with Gasteiger partial charge in [-0.15, -0.1) is 0 Å². The maximum Gasteiger partial charge on any atom is 0.161 e. The van der Waals surface area contributed by atoms with Crippen LogP contribution >= 0.6 is 0 Å². The van der Waals surface area contributed by atoms with Crippen molar-refractivity contribution in [2.45, 2.75) is 39.5 Å². The molecule has 1 aromatic carbocycles. The fourth-order valence-corrected chi connectivity index (χ4v) is 2.98. The van der Waals surface area contributed by atoms with Crippen molar-refractivity contribution in [2.24, 2.45) is 11.3 Å². The minimum atomic E-state index is -0.181. The summed E-state index contributed by atoms with van der Waals surface area (Å²) in [6, 6.07) is 10.2. The van der Waals surface area contributed by atoms with E-state index in [-0.39, 0.29) is 5.41 Å². The molecular formula is C17H23NO2. The molecule has 1 saturated carbocycles. The Morgan fingerprint density at radius 1 is 1.30 bits per heavy atom. The number of ether oxygens (including phenoxy) is 2. The largest absolute Gasteiger partial charge is 0.490 e. The lowest BCUT2D eigenvalue weighted by Crippen LogP contribution is -2.18. The molecule has 0 aromatic heterocycles. The van der Waals surface area contributed by atoms with Gasteiger partial charge in [-0.2, -0.15) is 5.26 Å². The Balaban J connectivity index is 1.91. The predicted octanol–water partition coefficient (Wildman–Crippen LogP) is 4.18. The summed E-state index contributed by atoms with van der Waals surface area (Å²) in [5, 5.41) is 9.44. The summed E-state index contributed by atoms with van der Waals surface area (Å²) in [6.45, 7) is 5.39. The van der Waals surface area contributed by atoms with Crippen molar-refractivity contribution in [3.63, 3.8) is 0 Å². The standard InChI is InChI=1S/C17H23NO2/c1-3-19-15-6-4-5-7-16(15)20-11-10-17(13-18)9-8-14(2)12-17/h4-7,14H,3,8-12H2,1-2H3. The second-order valence-corrected chi connectivity index (χ2v) is 5.72. The first-order chi connectivity index (χ1) is 9.69. The van der Waals surface area contributed by atoms with E-state index in [1.54, 1.807) is 0 Å². The first-order valence-corrected chi connectivity index (χ1v) is 7.45. The smallest absolute Gasteiger partial charge is 0.161 e. The number of hydrogen-bond donors (Lipinski definition) is 0. The van der Waals surface area contributed by atoms with Gasteiger partial charge in [-0.05, 0) is 44.2 Å². The van der Waals surface area contributed by atoms with E-state index in [1.165, 1.54) is 0 Å². The first-order valence-electron chi connectivity index (χ1n) is 7.45. The highest BCUT2D eigenvalue weighted by molar-refractivity contribution is 5.39. The van der Waals surface area contributed by atoms with Crippen molar-refractivity contribution < 1.29 is 9.47 Å². The summed E-state index contributed by atoms with van der Waals surface area (Å²) < 4.78 is 11.4. The maximum absolute atomic E-state index is 9.44. The Hall–Kier alpha value is -1.69. The highest BCUT2D eigenvalue weighted by Crippen LogP contribution is 2.43. The number of nitriles is 1. The van der Waals surface area contributed by atoms with E-state index in [0.717, 1.165) is 37.2 Å². The third kappa shape index (κ3) is 3.45. The van der Waals surface area contributed by atoms with Crippen LogP contribution in [-0.4, -0.2) is 13.2 Å². The van der Waals surface area contributed by atoms with Crippen LogP contribution in [0.15, 0.2) is 24.3 Å². The molecule has 3 heteroatoms. The first kappa shape index (κ1) is 14.7. The van der Waals surface area contributed by atoms with E-state index < -0.39 is 0 Å². The molecule has 2 atom stereocenters. The van der Waals surface area contributed by atoms with Crippen molar-refractivity contribution in [1.29, 1.82) is 5.26 Å². The predicted molar refractivity (Wildman–Crippen MR) is 78.8 cm³/mol. The van der Waals surface area contributed by atoms with Crippen molar-refractivity contribution in [3.8, 4) is 17.6 Å². The van der Waals surface area contributed by atoms with E-state index in [2.05, 4.69) is 13.0 Å². The molecular weight excluding hydrogens is 250 g/mol. The third-order valence-electron chi connectivity index (χ3n) is 4.08. The van der Waals surface area contributed by atoms with E-state index in [1.807, 2.05) is 31.2 Å². The Labute approximate surface area is 121 Å². The zero-order valence-corrected chi connectivity index (χ0v) is 12.4. The molecule has 0 heterocycles. The molecule has 0 bridgehead atoms. The zero-order chi connectivity index (χ0) is 14.4. The number of para-hydroxylation sites is 2. The normalized spacial score (nSPS) is 25.1. The molecule has 2 rings (SSSR count). The fraction of sp³-hybridized carbons (Fsp3) is 0.588. The molecule has 2 unspecified atom stereocenters. The van der Waals surface area contributed by atoms with Gasteiger partial charge in [0.15, 0.2) is 11.5 Å². The van der Waals surface area contributed by atoms with Gasteiger partial charge in [0.05, 0.1) is 24.7 Å². The summed E-state index contributed by atoms with van der Waals surface area (Å²) in [5.41, 5.74) is -0.181. The van der Waals surface area contributed by atoms with Gasteiger partial charge >= 0.3 is 0 Å². The van der Waals surface area contributed by atoms with Crippen LogP contribution in [0.3, 0.4) is 0 Å². The average Bonchev–Trinajstić information content (AvgIpc) is 2.83. The molecule has 3 nitrogen and oxygen atoms in total. The molecule has 0 aliphatic heterocycles. The Kier molecular flexibility index (Phi) is 4.89. The number of benzene rings is 1. The molecule has 0 radical (unpaired) electrons. The maximum atomic E-state index is 9.44. The average molecular weight is 273 g/mol. The second-order valence-electron chi connectivity index (χ2n) is 5.72. The Bertz CT molecular complexity index is 480. The summed E-state index contributed by atoms with van der Waals surface area (Å²) in [6.07, 6.45) is 3.96. The third-order valence-corrected chi connectivity index (χ3v) is 4.08. The molecule has 0 spiro atoms. The van der Waals surface area contributed by atoms with E-state index in [9.17, 15) is 5.26 Å². The Morgan fingerprint density at radius 3 is 2.55 bits per heavy atom. The van der Waals surface area contributed by atoms with Gasteiger partial charge in [0.25, 0.3) is 0 Å². The van der Waals surface area contributed by atoms with Gasteiger partial charge in [-0.3, -0.25) is 0 Å². The SMILES string of the molecule is CCOc1ccccc1OCCC1(C#N)CCC(C)C1. The summed E-state index contributed by atoms with van der Waals surface area (Å²) >= 11 is 0. The van der Waals surface area contributed by atoms with Gasteiger partial charge in [0.2, 0.25) is 0 Å².